The van der Waals surface area contributed by atoms with E-state index in [0.29, 0.717) is 5.69 Å². The fourth-order valence-corrected chi connectivity index (χ4v) is 2.09. The highest BCUT2D eigenvalue weighted by Crippen LogP contribution is 2.16. The maximum atomic E-state index is 11.5. The number of amides is 1. The van der Waals surface area contributed by atoms with E-state index in [9.17, 15) is 4.79 Å². The summed E-state index contributed by atoms with van der Waals surface area (Å²) in [5.41, 5.74) is 0.384. The van der Waals surface area contributed by atoms with E-state index in [1.54, 1.807) is 6.20 Å². The number of thiazole rings is 1. The number of rotatable bonds is 3. The Bertz CT molecular complexity index is 457. The summed E-state index contributed by atoms with van der Waals surface area (Å²) < 4.78 is 1.83. The van der Waals surface area contributed by atoms with E-state index in [2.05, 4.69) is 10.3 Å². The summed E-state index contributed by atoms with van der Waals surface area (Å²) in [6.45, 7) is 2.18. The standard InChI is InChI=1S/C9H11N3O2S/c1-6-4-12-5-7(11-9(12)15-6)8(14)10-2-3-13/h4-5,13H,2-3H2,1H3,(H,10,14). The Hall–Kier alpha value is -1.40. The lowest BCUT2D eigenvalue weighted by Gasteiger charge is -1.97. The van der Waals surface area contributed by atoms with Crippen LogP contribution < -0.4 is 5.32 Å². The molecule has 2 rings (SSSR count). The van der Waals surface area contributed by atoms with Crippen molar-refractivity contribution in [2.45, 2.75) is 6.92 Å². The molecule has 0 spiro atoms. The van der Waals surface area contributed by atoms with Crippen molar-refractivity contribution in [2.24, 2.45) is 0 Å². The summed E-state index contributed by atoms with van der Waals surface area (Å²) in [6, 6.07) is 0. The summed E-state index contributed by atoms with van der Waals surface area (Å²) in [6.07, 6.45) is 3.61. The number of carbonyl (C=O) groups is 1. The van der Waals surface area contributed by atoms with Crippen LogP contribution in [0, 0.1) is 6.92 Å². The molecule has 1 amide bonds. The van der Waals surface area contributed by atoms with Gasteiger partial charge in [0.2, 0.25) is 0 Å². The van der Waals surface area contributed by atoms with Gasteiger partial charge >= 0.3 is 0 Å². The van der Waals surface area contributed by atoms with Gasteiger partial charge in [0, 0.05) is 23.8 Å². The predicted molar refractivity (Wildman–Crippen MR) is 57.2 cm³/mol. The van der Waals surface area contributed by atoms with Crippen molar-refractivity contribution in [3.8, 4) is 0 Å². The fourth-order valence-electron chi connectivity index (χ4n) is 1.28. The van der Waals surface area contributed by atoms with Crippen molar-refractivity contribution in [1.29, 1.82) is 0 Å². The van der Waals surface area contributed by atoms with E-state index in [4.69, 9.17) is 5.11 Å². The number of aliphatic hydroxyl groups excluding tert-OH is 1. The van der Waals surface area contributed by atoms with Gasteiger partial charge in [0.05, 0.1) is 6.61 Å². The first-order valence-corrected chi connectivity index (χ1v) is 5.36. The molecule has 0 aliphatic rings. The number of hydrogen-bond donors (Lipinski definition) is 2. The predicted octanol–water partition coefficient (Wildman–Crippen LogP) is 0.426. The molecule has 80 valence electrons. The summed E-state index contributed by atoms with van der Waals surface area (Å²) in [5, 5.41) is 11.1. The normalized spacial score (nSPS) is 10.8. The molecule has 5 nitrogen and oxygen atoms in total. The average Bonchev–Trinajstić information content (AvgIpc) is 2.70. The minimum Gasteiger partial charge on any atom is -0.395 e. The molecular formula is C9H11N3O2S. The molecule has 0 aliphatic heterocycles. The second-order valence-electron chi connectivity index (χ2n) is 3.14. The minimum atomic E-state index is -0.252. The van der Waals surface area contributed by atoms with Gasteiger partial charge in [-0.3, -0.25) is 9.20 Å². The Morgan fingerprint density at radius 1 is 1.67 bits per heavy atom. The maximum absolute atomic E-state index is 11.5. The van der Waals surface area contributed by atoms with Crippen LogP contribution in [0.1, 0.15) is 15.4 Å². The van der Waals surface area contributed by atoms with Crippen LogP contribution >= 0.6 is 11.3 Å². The molecule has 0 aliphatic carbocycles. The lowest BCUT2D eigenvalue weighted by atomic mass is 10.4. The molecule has 0 atom stereocenters. The number of aromatic nitrogens is 2. The average molecular weight is 225 g/mol. The first-order valence-electron chi connectivity index (χ1n) is 4.55. The third-order valence-electron chi connectivity index (χ3n) is 1.90. The monoisotopic (exact) mass is 225 g/mol. The van der Waals surface area contributed by atoms with Crippen LogP contribution in [0.25, 0.3) is 4.96 Å². The molecule has 15 heavy (non-hydrogen) atoms. The van der Waals surface area contributed by atoms with Crippen LogP contribution in [-0.2, 0) is 0 Å². The number of carbonyl (C=O) groups excluding carboxylic acids is 1. The Kier molecular flexibility index (Phi) is 2.70. The van der Waals surface area contributed by atoms with Gasteiger partial charge in [0.1, 0.15) is 5.69 Å². The maximum Gasteiger partial charge on any atom is 0.271 e. The molecule has 6 heteroatoms. The summed E-state index contributed by atoms with van der Waals surface area (Å²) >= 11 is 1.54. The van der Waals surface area contributed by atoms with Gasteiger partial charge in [-0.05, 0) is 6.92 Å². The highest BCUT2D eigenvalue weighted by molar-refractivity contribution is 7.17. The largest absolute Gasteiger partial charge is 0.395 e. The number of fused-ring (bicyclic) bond motifs is 1. The summed E-state index contributed by atoms with van der Waals surface area (Å²) in [4.78, 5) is 17.6. The van der Waals surface area contributed by atoms with Crippen LogP contribution in [0.15, 0.2) is 12.4 Å². The molecule has 2 heterocycles. The zero-order valence-corrected chi connectivity index (χ0v) is 9.04. The molecular weight excluding hydrogens is 214 g/mol. The molecule has 0 saturated heterocycles. The van der Waals surface area contributed by atoms with Crippen molar-refractivity contribution in [2.75, 3.05) is 13.2 Å². The van der Waals surface area contributed by atoms with Crippen LogP contribution in [-0.4, -0.2) is 33.6 Å². The van der Waals surface area contributed by atoms with Gasteiger partial charge in [-0.25, -0.2) is 4.98 Å². The molecule has 0 radical (unpaired) electrons. The zero-order chi connectivity index (χ0) is 10.8. The minimum absolute atomic E-state index is 0.0624. The van der Waals surface area contributed by atoms with Crippen LogP contribution in [0.3, 0.4) is 0 Å². The second kappa shape index (κ2) is 4.00. The number of hydrogen-bond acceptors (Lipinski definition) is 4. The Morgan fingerprint density at radius 3 is 3.13 bits per heavy atom. The molecule has 2 aromatic heterocycles. The van der Waals surface area contributed by atoms with Crippen molar-refractivity contribution < 1.29 is 9.90 Å². The van der Waals surface area contributed by atoms with Gasteiger partial charge in [-0.1, -0.05) is 0 Å². The molecule has 0 bridgehead atoms. The van der Waals surface area contributed by atoms with E-state index in [1.165, 1.54) is 11.3 Å². The van der Waals surface area contributed by atoms with E-state index in [-0.39, 0.29) is 19.1 Å². The van der Waals surface area contributed by atoms with Crippen molar-refractivity contribution in [3.05, 3.63) is 23.0 Å². The van der Waals surface area contributed by atoms with E-state index >= 15 is 0 Å². The molecule has 0 aromatic carbocycles. The van der Waals surface area contributed by atoms with Gasteiger partial charge in [-0.15, -0.1) is 11.3 Å². The number of aliphatic hydroxyl groups is 1. The highest BCUT2D eigenvalue weighted by atomic mass is 32.1. The zero-order valence-electron chi connectivity index (χ0n) is 8.23. The summed E-state index contributed by atoms with van der Waals surface area (Å²) in [5.74, 6) is -0.252. The van der Waals surface area contributed by atoms with Gasteiger partial charge in [-0.2, -0.15) is 0 Å². The second-order valence-corrected chi connectivity index (χ2v) is 4.35. The van der Waals surface area contributed by atoms with Crippen molar-refractivity contribution >= 4 is 22.2 Å². The van der Waals surface area contributed by atoms with Gasteiger partial charge in [0.25, 0.3) is 5.91 Å². The highest BCUT2D eigenvalue weighted by Gasteiger charge is 2.11. The first kappa shape index (κ1) is 10.1. The number of nitrogens with one attached hydrogen (secondary N) is 1. The molecule has 0 saturated carbocycles. The molecule has 0 fully saturated rings. The summed E-state index contributed by atoms with van der Waals surface area (Å²) in [7, 11) is 0. The number of aryl methyl sites for hydroxylation is 1. The van der Waals surface area contributed by atoms with E-state index < -0.39 is 0 Å². The SMILES string of the molecule is Cc1cn2cc(C(=O)NCCO)nc2s1. The molecule has 2 aromatic rings. The lowest BCUT2D eigenvalue weighted by molar-refractivity contribution is 0.0940. The first-order chi connectivity index (χ1) is 7.20. The fraction of sp³-hybridized carbons (Fsp3) is 0.333. The third kappa shape index (κ3) is 2.00. The van der Waals surface area contributed by atoms with Gasteiger partial charge in [0.15, 0.2) is 4.96 Å². The Balaban J connectivity index is 2.21. The number of nitrogens with zero attached hydrogens (tertiary/aromatic N) is 2. The quantitative estimate of drug-likeness (QED) is 0.796. The van der Waals surface area contributed by atoms with Crippen molar-refractivity contribution in [3.63, 3.8) is 0 Å². The van der Waals surface area contributed by atoms with Crippen molar-refractivity contribution in [1.82, 2.24) is 14.7 Å². The van der Waals surface area contributed by atoms with Gasteiger partial charge < -0.3 is 10.4 Å². The lowest BCUT2D eigenvalue weighted by Crippen LogP contribution is -2.26. The molecule has 2 N–H and O–H groups in total. The smallest absolute Gasteiger partial charge is 0.271 e. The van der Waals surface area contributed by atoms with Crippen LogP contribution in [0.4, 0.5) is 0 Å². The Labute approximate surface area is 90.4 Å². The Morgan fingerprint density at radius 2 is 2.47 bits per heavy atom. The molecule has 0 unspecified atom stereocenters. The van der Waals surface area contributed by atoms with E-state index in [0.717, 1.165) is 9.84 Å². The van der Waals surface area contributed by atoms with Crippen LogP contribution in [0.2, 0.25) is 0 Å². The van der Waals surface area contributed by atoms with E-state index in [1.807, 2.05) is 17.5 Å². The third-order valence-corrected chi connectivity index (χ3v) is 2.81. The van der Waals surface area contributed by atoms with Crippen LogP contribution in [0.5, 0.6) is 0 Å². The topological polar surface area (TPSA) is 66.6 Å². The number of imidazole rings is 1.